The highest BCUT2D eigenvalue weighted by molar-refractivity contribution is 7.91. The summed E-state index contributed by atoms with van der Waals surface area (Å²) in [6.45, 7) is 5.15. The average Bonchev–Trinajstić information content (AvgIpc) is 3.57. The maximum Gasteiger partial charge on any atom is 0.228 e. The van der Waals surface area contributed by atoms with Crippen LogP contribution in [0.25, 0.3) is 0 Å². The van der Waals surface area contributed by atoms with Crippen molar-refractivity contribution < 1.29 is 8.42 Å². The molecule has 0 aliphatic heterocycles. The molecular formula is C23H33N3O2S. The van der Waals surface area contributed by atoms with Gasteiger partial charge < -0.3 is 4.57 Å². The van der Waals surface area contributed by atoms with Crippen LogP contribution in [-0.4, -0.2) is 41.7 Å². The Balaban J connectivity index is 1.63. The molecule has 0 amide bonds. The van der Waals surface area contributed by atoms with Crippen LogP contribution in [0.15, 0.2) is 41.7 Å². The molecule has 158 valence electrons. The van der Waals surface area contributed by atoms with E-state index in [9.17, 15) is 8.42 Å². The van der Waals surface area contributed by atoms with E-state index >= 15 is 0 Å². The summed E-state index contributed by atoms with van der Waals surface area (Å²) in [5.74, 6) is 1.84. The first-order chi connectivity index (χ1) is 13.8. The molecule has 0 saturated heterocycles. The predicted octanol–water partition coefficient (Wildman–Crippen LogP) is 3.98. The first-order valence-corrected chi connectivity index (χ1v) is 12.5. The fourth-order valence-corrected chi connectivity index (χ4v) is 6.31. The second-order valence-corrected chi connectivity index (χ2v) is 11.3. The second kappa shape index (κ2) is 8.23. The summed E-state index contributed by atoms with van der Waals surface area (Å²) in [6, 6.07) is 10.7. The Hall–Kier alpha value is -1.66. The van der Waals surface area contributed by atoms with Crippen LogP contribution in [0.5, 0.6) is 0 Å². The van der Waals surface area contributed by atoms with Gasteiger partial charge in [-0.15, -0.1) is 0 Å². The van der Waals surface area contributed by atoms with Gasteiger partial charge in [0, 0.05) is 12.6 Å². The number of aromatic nitrogens is 2. The molecule has 1 aromatic heterocycles. The predicted molar refractivity (Wildman–Crippen MR) is 115 cm³/mol. The van der Waals surface area contributed by atoms with E-state index in [0.717, 1.165) is 29.6 Å². The Morgan fingerprint density at radius 2 is 1.72 bits per heavy atom. The van der Waals surface area contributed by atoms with E-state index in [4.69, 9.17) is 0 Å². The molecule has 2 aliphatic carbocycles. The van der Waals surface area contributed by atoms with E-state index in [1.165, 1.54) is 25.7 Å². The third kappa shape index (κ3) is 4.92. The summed E-state index contributed by atoms with van der Waals surface area (Å²) in [7, 11) is -1.22. The zero-order valence-corrected chi connectivity index (χ0v) is 18.6. The summed E-state index contributed by atoms with van der Waals surface area (Å²) >= 11 is 0. The van der Waals surface area contributed by atoms with E-state index in [0.29, 0.717) is 12.6 Å². The molecule has 2 aromatic rings. The third-order valence-corrected chi connectivity index (χ3v) is 8.03. The first-order valence-electron chi connectivity index (χ1n) is 10.9. The Kier molecular flexibility index (Phi) is 5.85. The molecule has 0 radical (unpaired) electrons. The van der Waals surface area contributed by atoms with Gasteiger partial charge in [0.2, 0.25) is 15.0 Å². The molecule has 4 rings (SSSR count). The lowest BCUT2D eigenvalue weighted by Crippen LogP contribution is -2.35. The fourth-order valence-electron chi connectivity index (χ4n) is 4.56. The summed E-state index contributed by atoms with van der Waals surface area (Å²) in [5.41, 5.74) is 2.08. The standard InChI is InChI=1S/C23H33N3O2S/c1-17(2)16-29(27,28)23-24-13-21(26(23)14-18-7-5-4-6-8-18)15-25(3)22(19-9-10-19)20-11-12-20/h4-8,13,17,19-20,22H,9-12,14-16H2,1-3H3. The maximum atomic E-state index is 13.0. The minimum absolute atomic E-state index is 0.0714. The minimum atomic E-state index is -3.42. The van der Waals surface area contributed by atoms with Crippen LogP contribution in [0.2, 0.25) is 0 Å². The highest BCUT2D eigenvalue weighted by Crippen LogP contribution is 2.47. The average molecular weight is 416 g/mol. The lowest BCUT2D eigenvalue weighted by Gasteiger charge is -2.28. The largest absolute Gasteiger partial charge is 0.313 e. The molecule has 0 atom stereocenters. The van der Waals surface area contributed by atoms with Crippen LogP contribution in [0.3, 0.4) is 0 Å². The van der Waals surface area contributed by atoms with Crippen molar-refractivity contribution in [1.29, 1.82) is 0 Å². The summed E-state index contributed by atoms with van der Waals surface area (Å²) in [5, 5.41) is 0.216. The van der Waals surface area contributed by atoms with E-state index < -0.39 is 9.84 Å². The van der Waals surface area contributed by atoms with Gasteiger partial charge in [-0.25, -0.2) is 13.4 Å². The first kappa shape index (κ1) is 20.6. The highest BCUT2D eigenvalue weighted by atomic mass is 32.2. The normalized spacial score (nSPS) is 17.6. The lowest BCUT2D eigenvalue weighted by molar-refractivity contribution is 0.182. The molecule has 0 unspecified atom stereocenters. The molecule has 0 bridgehead atoms. The van der Waals surface area contributed by atoms with Gasteiger partial charge in [-0.1, -0.05) is 44.2 Å². The summed E-state index contributed by atoms with van der Waals surface area (Å²) in [4.78, 5) is 6.87. The number of nitrogens with zero attached hydrogens (tertiary/aromatic N) is 3. The topological polar surface area (TPSA) is 55.2 Å². The summed E-state index contributed by atoms with van der Waals surface area (Å²) < 4.78 is 28.0. The minimum Gasteiger partial charge on any atom is -0.313 e. The van der Waals surface area contributed by atoms with E-state index in [1.54, 1.807) is 6.20 Å². The molecule has 1 heterocycles. The van der Waals surface area contributed by atoms with Crippen molar-refractivity contribution in [2.75, 3.05) is 12.8 Å². The molecule has 1 aromatic carbocycles. The van der Waals surface area contributed by atoms with Crippen molar-refractivity contribution in [3.05, 3.63) is 47.8 Å². The van der Waals surface area contributed by atoms with Gasteiger partial charge >= 0.3 is 0 Å². The molecule has 0 spiro atoms. The molecule has 2 aliphatic rings. The Bertz CT molecular complexity index is 916. The van der Waals surface area contributed by atoms with Gasteiger partial charge in [0.25, 0.3) is 0 Å². The number of hydrogen-bond acceptors (Lipinski definition) is 4. The van der Waals surface area contributed by atoms with Crippen molar-refractivity contribution in [3.63, 3.8) is 0 Å². The molecule has 6 heteroatoms. The number of sulfone groups is 1. The molecule has 2 saturated carbocycles. The van der Waals surface area contributed by atoms with Crippen LogP contribution < -0.4 is 0 Å². The quantitative estimate of drug-likeness (QED) is 0.589. The van der Waals surface area contributed by atoms with Gasteiger partial charge in [-0.05, 0) is 56.0 Å². The SMILES string of the molecule is CC(C)CS(=O)(=O)c1ncc(CN(C)C(C2CC2)C2CC2)n1Cc1ccccc1. The molecule has 2 fully saturated rings. The maximum absolute atomic E-state index is 13.0. The number of imidazole rings is 1. The Morgan fingerprint density at radius 3 is 2.28 bits per heavy atom. The van der Waals surface area contributed by atoms with Gasteiger partial charge in [-0.3, -0.25) is 4.90 Å². The van der Waals surface area contributed by atoms with Crippen LogP contribution >= 0.6 is 0 Å². The highest BCUT2D eigenvalue weighted by Gasteiger charge is 2.43. The van der Waals surface area contributed by atoms with Crippen LogP contribution in [0.4, 0.5) is 0 Å². The Labute approximate surface area is 175 Å². The molecule has 0 N–H and O–H groups in total. The van der Waals surface area contributed by atoms with Crippen molar-refractivity contribution in [1.82, 2.24) is 14.5 Å². The van der Waals surface area contributed by atoms with E-state index in [2.05, 4.69) is 16.9 Å². The third-order valence-electron chi connectivity index (χ3n) is 6.05. The fraction of sp³-hybridized carbons (Fsp3) is 0.609. The number of hydrogen-bond donors (Lipinski definition) is 0. The van der Waals surface area contributed by atoms with E-state index in [-0.39, 0.29) is 16.8 Å². The second-order valence-electron chi connectivity index (χ2n) is 9.36. The Morgan fingerprint density at radius 1 is 1.10 bits per heavy atom. The summed E-state index contributed by atoms with van der Waals surface area (Å²) in [6.07, 6.45) is 7.13. The van der Waals surface area contributed by atoms with Crippen LogP contribution in [0, 0.1) is 17.8 Å². The lowest BCUT2D eigenvalue weighted by atomic mass is 10.1. The zero-order chi connectivity index (χ0) is 20.6. The number of benzene rings is 1. The van der Waals surface area contributed by atoms with Crippen LogP contribution in [0.1, 0.15) is 50.8 Å². The van der Waals surface area contributed by atoms with Crippen molar-refractivity contribution >= 4 is 9.84 Å². The monoisotopic (exact) mass is 415 g/mol. The van der Waals surface area contributed by atoms with E-state index in [1.807, 2.05) is 48.7 Å². The van der Waals surface area contributed by atoms with Crippen LogP contribution in [-0.2, 0) is 22.9 Å². The molecule has 5 nitrogen and oxygen atoms in total. The van der Waals surface area contributed by atoms with Gasteiger partial charge in [-0.2, -0.15) is 0 Å². The van der Waals surface area contributed by atoms with Crippen molar-refractivity contribution in [3.8, 4) is 0 Å². The van der Waals surface area contributed by atoms with Gasteiger partial charge in [0.15, 0.2) is 0 Å². The smallest absolute Gasteiger partial charge is 0.228 e. The van der Waals surface area contributed by atoms with Crippen molar-refractivity contribution in [2.24, 2.45) is 17.8 Å². The molecular weight excluding hydrogens is 382 g/mol. The van der Waals surface area contributed by atoms with Gasteiger partial charge in [0.05, 0.1) is 24.2 Å². The van der Waals surface area contributed by atoms with Crippen molar-refractivity contribution in [2.45, 2.75) is 63.8 Å². The number of rotatable bonds is 10. The molecule has 29 heavy (non-hydrogen) atoms. The van der Waals surface area contributed by atoms with Gasteiger partial charge in [0.1, 0.15) is 0 Å². The zero-order valence-electron chi connectivity index (χ0n) is 17.8.